The Kier molecular flexibility index (Phi) is 27.3. The number of hydrogen-bond donors (Lipinski definition) is 0. The zero-order chi connectivity index (χ0) is 57.5. The van der Waals surface area contributed by atoms with E-state index in [9.17, 15) is 9.59 Å². The van der Waals surface area contributed by atoms with Crippen LogP contribution in [0.1, 0.15) is 13.8 Å². The van der Waals surface area contributed by atoms with Crippen LogP contribution in [0.15, 0.2) is 364 Å². The first-order chi connectivity index (χ1) is 40.9. The standard InChI is InChI=1S/4C18H15P.C4H6O3.Pd/c4*1-4-10-16(11-5-1)19(17-12-6-2-7-13-17)18-14-8-3-9-15-18;1-3(5)7-4(2)6;/h4*1-15H;1-2H3;. The first kappa shape index (κ1) is 63.7. The third-order valence-corrected chi connectivity index (χ3v) is 22.2. The smallest absolute Gasteiger partial charge is 0.310 e. The van der Waals surface area contributed by atoms with Crippen LogP contribution in [0.3, 0.4) is 0 Å². The van der Waals surface area contributed by atoms with E-state index in [1.165, 1.54) is 77.5 Å². The number of benzene rings is 12. The summed E-state index contributed by atoms with van der Waals surface area (Å²) < 4.78 is 3.97. The van der Waals surface area contributed by atoms with Gasteiger partial charge in [-0.3, -0.25) is 9.59 Å². The van der Waals surface area contributed by atoms with Crippen LogP contribution in [-0.2, 0) is 34.7 Å². The van der Waals surface area contributed by atoms with Crippen molar-refractivity contribution < 1.29 is 34.7 Å². The van der Waals surface area contributed by atoms with E-state index < -0.39 is 43.6 Å². The van der Waals surface area contributed by atoms with Crippen molar-refractivity contribution in [3.8, 4) is 0 Å². The molecule has 0 saturated heterocycles. The van der Waals surface area contributed by atoms with E-state index in [4.69, 9.17) is 0 Å². The van der Waals surface area contributed by atoms with Gasteiger partial charge in [-0.2, -0.15) is 0 Å². The van der Waals surface area contributed by atoms with Crippen LogP contribution in [0, 0.1) is 0 Å². The molecule has 12 rings (SSSR count). The van der Waals surface area contributed by atoms with Gasteiger partial charge in [0, 0.05) is 34.3 Å². The van der Waals surface area contributed by atoms with Gasteiger partial charge in [-0.1, -0.05) is 364 Å². The van der Waals surface area contributed by atoms with Crippen LogP contribution >= 0.6 is 31.7 Å². The molecule has 0 unspecified atom stereocenters. The Labute approximate surface area is 516 Å². The monoisotopic (exact) mass is 1260 g/mol. The second kappa shape index (κ2) is 36.0. The van der Waals surface area contributed by atoms with E-state index in [0.29, 0.717) is 0 Å². The van der Waals surface area contributed by atoms with Crippen molar-refractivity contribution in [1.29, 1.82) is 0 Å². The largest absolute Gasteiger partial charge is 0.394 e. The second-order valence-corrected chi connectivity index (χ2v) is 27.3. The van der Waals surface area contributed by atoms with Crippen molar-refractivity contribution in [2.45, 2.75) is 13.8 Å². The summed E-state index contributed by atoms with van der Waals surface area (Å²) in [5, 5.41) is 16.8. The maximum atomic E-state index is 9.81. The van der Waals surface area contributed by atoms with Crippen LogP contribution in [0.4, 0.5) is 0 Å². The first-order valence-electron chi connectivity index (χ1n) is 27.4. The molecule has 0 aliphatic rings. The van der Waals surface area contributed by atoms with E-state index in [-0.39, 0.29) is 20.4 Å². The fraction of sp³-hybridized carbons (Fsp3) is 0.0263. The molecular formula is C76H66O3P4Pd. The van der Waals surface area contributed by atoms with Gasteiger partial charge in [-0.05, 0) is 95.3 Å². The summed E-state index contributed by atoms with van der Waals surface area (Å²) in [4.78, 5) is 19.6. The normalized spacial score (nSPS) is 10.2. The van der Waals surface area contributed by atoms with Gasteiger partial charge in [-0.25, -0.2) is 0 Å². The Hall–Kier alpha value is -7.84. The molecule has 12 aromatic carbocycles. The van der Waals surface area contributed by atoms with Crippen LogP contribution in [0.2, 0.25) is 0 Å². The topological polar surface area (TPSA) is 43.4 Å². The summed E-state index contributed by atoms with van der Waals surface area (Å²) >= 11 is 0. The number of esters is 2. The van der Waals surface area contributed by atoms with E-state index in [1.807, 2.05) is 0 Å². The summed E-state index contributed by atoms with van der Waals surface area (Å²) in [6.07, 6.45) is 0. The Bertz CT molecular complexity index is 2820. The molecule has 0 aromatic heterocycles. The number of ether oxygens (including phenoxy) is 1. The van der Waals surface area contributed by atoms with Crippen LogP contribution < -0.4 is 63.7 Å². The first-order valence-corrected chi connectivity index (χ1v) is 32.8. The van der Waals surface area contributed by atoms with Gasteiger partial charge < -0.3 is 4.74 Å². The van der Waals surface area contributed by atoms with Crippen molar-refractivity contribution in [2.24, 2.45) is 0 Å². The molecule has 0 amide bonds. The maximum absolute atomic E-state index is 9.81. The van der Waals surface area contributed by atoms with E-state index >= 15 is 0 Å². The third-order valence-electron chi connectivity index (χ3n) is 12.5. The minimum Gasteiger partial charge on any atom is -0.394 e. The van der Waals surface area contributed by atoms with E-state index in [0.717, 1.165) is 0 Å². The van der Waals surface area contributed by atoms with Crippen molar-refractivity contribution in [1.82, 2.24) is 0 Å². The molecule has 8 heteroatoms. The molecule has 0 atom stereocenters. The fourth-order valence-electron chi connectivity index (χ4n) is 8.92. The summed E-state index contributed by atoms with van der Waals surface area (Å²) in [6.45, 7) is 2.36. The summed E-state index contributed by atoms with van der Waals surface area (Å²) in [7, 11) is -1.78. The Morgan fingerprint density at radius 3 is 0.333 bits per heavy atom. The minimum absolute atomic E-state index is 0. The minimum atomic E-state index is -0.562. The number of rotatable bonds is 12. The van der Waals surface area contributed by atoms with Crippen molar-refractivity contribution in [3.63, 3.8) is 0 Å². The number of carbonyl (C=O) groups is 2. The molecule has 3 nitrogen and oxygen atoms in total. The molecule has 0 saturated carbocycles. The van der Waals surface area contributed by atoms with Gasteiger partial charge in [0.1, 0.15) is 0 Å². The molecule has 0 spiro atoms. The van der Waals surface area contributed by atoms with Crippen LogP contribution in [0.5, 0.6) is 0 Å². The van der Waals surface area contributed by atoms with Crippen molar-refractivity contribution >= 4 is 107 Å². The molecule has 84 heavy (non-hydrogen) atoms. The zero-order valence-electron chi connectivity index (χ0n) is 47.0. The summed E-state index contributed by atoms with van der Waals surface area (Å²) in [6, 6.07) is 129. The molecule has 418 valence electrons. The molecule has 0 radical (unpaired) electrons. The molecule has 0 fully saturated rings. The molecule has 12 aromatic rings. The number of carbonyl (C=O) groups excluding carboxylic acids is 2. The molecular weight excluding hydrogens is 1190 g/mol. The second-order valence-electron chi connectivity index (χ2n) is 18.5. The van der Waals surface area contributed by atoms with Crippen molar-refractivity contribution in [3.05, 3.63) is 364 Å². The number of hydrogen-bond acceptors (Lipinski definition) is 3. The molecule has 0 aliphatic carbocycles. The van der Waals surface area contributed by atoms with Gasteiger partial charge in [-0.15, -0.1) is 0 Å². The Morgan fingerprint density at radius 1 is 0.190 bits per heavy atom. The molecule has 0 bridgehead atoms. The quantitative estimate of drug-likeness (QED) is 0.0530. The van der Waals surface area contributed by atoms with E-state index in [1.54, 1.807) is 0 Å². The van der Waals surface area contributed by atoms with Crippen LogP contribution in [-0.4, -0.2) is 11.9 Å². The Balaban J connectivity index is 0.000000154. The Morgan fingerprint density at radius 2 is 0.274 bits per heavy atom. The van der Waals surface area contributed by atoms with Gasteiger partial charge >= 0.3 is 11.9 Å². The third kappa shape index (κ3) is 20.2. The van der Waals surface area contributed by atoms with Crippen LogP contribution in [0.25, 0.3) is 0 Å². The van der Waals surface area contributed by atoms with Gasteiger partial charge in [0.2, 0.25) is 0 Å². The van der Waals surface area contributed by atoms with Gasteiger partial charge in [0.25, 0.3) is 0 Å². The predicted octanol–water partition coefficient (Wildman–Crippen LogP) is 13.9. The average molecular weight is 1260 g/mol. The van der Waals surface area contributed by atoms with Gasteiger partial charge in [0.15, 0.2) is 0 Å². The summed E-state index contributed by atoms with van der Waals surface area (Å²) in [5.41, 5.74) is 0. The summed E-state index contributed by atoms with van der Waals surface area (Å²) in [5.74, 6) is -1.12. The maximum Gasteiger partial charge on any atom is 0.310 e. The molecule has 0 heterocycles. The average Bonchev–Trinajstić information content (AvgIpc) is 3.59. The zero-order valence-corrected chi connectivity index (χ0v) is 52.1. The molecule has 0 N–H and O–H groups in total. The van der Waals surface area contributed by atoms with Crippen molar-refractivity contribution in [2.75, 3.05) is 0 Å². The predicted molar refractivity (Wildman–Crippen MR) is 363 cm³/mol. The van der Waals surface area contributed by atoms with Gasteiger partial charge in [0.05, 0.1) is 0 Å². The molecule has 0 aliphatic heterocycles. The van der Waals surface area contributed by atoms with E-state index in [2.05, 4.69) is 369 Å². The SMILES string of the molecule is CC(=O)OC(C)=O.[Pd].c1ccc(P(c2ccccc2)c2ccccc2)cc1.c1ccc(P(c2ccccc2)c2ccccc2)cc1.c1ccc(P(c2ccccc2)c2ccccc2)cc1.c1ccc(P(c2ccccc2)c2ccccc2)cc1. The fourth-order valence-corrected chi connectivity index (χ4v) is 18.1.